The van der Waals surface area contributed by atoms with Crippen LogP contribution in [-0.4, -0.2) is 76.1 Å². The zero-order valence-corrected chi connectivity index (χ0v) is 19.8. The van der Waals surface area contributed by atoms with Gasteiger partial charge in [-0.2, -0.15) is 0 Å². The number of carbonyl (C=O) groups is 1. The smallest absolute Gasteiger partial charge is 0.409 e. The summed E-state index contributed by atoms with van der Waals surface area (Å²) in [5.41, 5.74) is -0.824. The van der Waals surface area contributed by atoms with Gasteiger partial charge in [0.2, 0.25) is 5.79 Å². The van der Waals surface area contributed by atoms with E-state index in [0.717, 1.165) is 32.2 Å². The summed E-state index contributed by atoms with van der Waals surface area (Å²) >= 11 is 0. The van der Waals surface area contributed by atoms with Crippen LogP contribution in [0.25, 0.3) is 0 Å². The Kier molecular flexibility index (Phi) is 3.62. The number of epoxide rings is 1. The molecule has 10 atom stereocenters. The van der Waals surface area contributed by atoms with Crippen molar-refractivity contribution in [1.29, 1.82) is 0 Å². The van der Waals surface area contributed by atoms with Crippen molar-refractivity contribution in [3.63, 3.8) is 0 Å². The van der Waals surface area contributed by atoms with E-state index < -0.39 is 11.4 Å². The zero-order chi connectivity index (χ0) is 22.3. The highest BCUT2D eigenvalue weighted by atomic mass is 16.7. The first-order chi connectivity index (χ1) is 15.4. The van der Waals surface area contributed by atoms with Gasteiger partial charge in [0, 0.05) is 45.2 Å². The van der Waals surface area contributed by atoms with Crippen molar-refractivity contribution in [3.8, 4) is 0 Å². The molecule has 2 heterocycles. The van der Waals surface area contributed by atoms with E-state index in [-0.39, 0.29) is 46.3 Å². The molecular formula is C25H35NO6. The first kappa shape index (κ1) is 20.2. The lowest BCUT2D eigenvalue weighted by Crippen LogP contribution is -2.75. The second-order valence-corrected chi connectivity index (χ2v) is 11.7. The van der Waals surface area contributed by atoms with E-state index >= 15 is 0 Å². The highest BCUT2D eigenvalue weighted by molar-refractivity contribution is 5.69. The number of ether oxygens (including phenoxy) is 5. The van der Waals surface area contributed by atoms with Gasteiger partial charge in [0.25, 0.3) is 0 Å². The van der Waals surface area contributed by atoms with E-state index in [2.05, 4.69) is 24.0 Å². The van der Waals surface area contributed by atoms with Gasteiger partial charge in [-0.05, 0) is 48.9 Å². The minimum Gasteiger partial charge on any atom is -0.453 e. The standard InChI is InChI=1S/C25H35NO6/c1-21-8-7-18(28-2)24-16(21)11-15(19(24)26(12-21)20(27)29-3)22-9-6-14(10-17(22)24)23(13-32-23)25(22,30-4)31-5/h6,9,14-19H,7-8,10-13H2,1-5H3/t14-,15-,16+,17+,18-,19+,21-,22-,23+,24-/m0/s1. The van der Waals surface area contributed by atoms with Gasteiger partial charge >= 0.3 is 6.09 Å². The van der Waals surface area contributed by atoms with Crippen LogP contribution >= 0.6 is 0 Å². The average molecular weight is 446 g/mol. The summed E-state index contributed by atoms with van der Waals surface area (Å²) in [6.07, 6.45) is 8.90. The van der Waals surface area contributed by atoms with Crippen molar-refractivity contribution in [2.45, 2.75) is 56.1 Å². The molecule has 0 aromatic rings. The normalized spacial score (nSPS) is 57.1. The molecule has 0 unspecified atom stereocenters. The van der Waals surface area contributed by atoms with Crippen LogP contribution in [0.15, 0.2) is 12.2 Å². The molecule has 8 aliphatic rings. The van der Waals surface area contributed by atoms with Gasteiger partial charge in [-0.25, -0.2) is 4.79 Å². The third-order valence-electron chi connectivity index (χ3n) is 11.6. The molecule has 7 nitrogen and oxygen atoms in total. The van der Waals surface area contributed by atoms with Gasteiger partial charge in [0.1, 0.15) is 0 Å². The lowest BCUT2D eigenvalue weighted by Gasteiger charge is -2.69. The van der Waals surface area contributed by atoms with E-state index in [0.29, 0.717) is 18.4 Å². The second-order valence-electron chi connectivity index (χ2n) is 11.7. The third kappa shape index (κ3) is 1.64. The Balaban J connectivity index is 1.51. The summed E-state index contributed by atoms with van der Waals surface area (Å²) in [4.78, 5) is 15.3. The van der Waals surface area contributed by atoms with Crippen LogP contribution in [0.5, 0.6) is 0 Å². The van der Waals surface area contributed by atoms with Crippen LogP contribution in [0.3, 0.4) is 0 Å². The van der Waals surface area contributed by atoms with E-state index in [1.165, 1.54) is 7.11 Å². The van der Waals surface area contributed by atoms with E-state index in [9.17, 15) is 4.79 Å². The maximum Gasteiger partial charge on any atom is 0.409 e. The molecule has 2 aliphatic heterocycles. The quantitative estimate of drug-likeness (QED) is 0.378. The largest absolute Gasteiger partial charge is 0.453 e. The van der Waals surface area contributed by atoms with E-state index in [4.69, 9.17) is 23.7 Å². The van der Waals surface area contributed by atoms with Gasteiger partial charge in [-0.15, -0.1) is 0 Å². The molecule has 3 spiro atoms. The van der Waals surface area contributed by atoms with Crippen molar-refractivity contribution in [2.24, 2.45) is 39.9 Å². The number of methoxy groups -OCH3 is 4. The fourth-order valence-electron chi connectivity index (χ4n) is 11.0. The van der Waals surface area contributed by atoms with Crippen molar-refractivity contribution in [1.82, 2.24) is 4.90 Å². The van der Waals surface area contributed by atoms with Crippen LogP contribution in [-0.2, 0) is 23.7 Å². The number of rotatable bonds is 3. The number of likely N-dealkylation sites (tertiary alicyclic amines) is 1. The molecule has 7 bridgehead atoms. The molecule has 1 amide bonds. The molecule has 8 rings (SSSR count). The molecule has 6 fully saturated rings. The number of hydrogen-bond donors (Lipinski definition) is 0. The summed E-state index contributed by atoms with van der Waals surface area (Å²) in [7, 11) is 6.92. The van der Waals surface area contributed by atoms with E-state index in [1.807, 2.05) is 7.11 Å². The molecule has 7 heteroatoms. The summed E-state index contributed by atoms with van der Waals surface area (Å²) < 4.78 is 30.8. The van der Waals surface area contributed by atoms with Crippen LogP contribution in [0.1, 0.15) is 32.6 Å². The molecule has 0 radical (unpaired) electrons. The Morgan fingerprint density at radius 1 is 1.12 bits per heavy atom. The highest BCUT2D eigenvalue weighted by Crippen LogP contribution is 2.86. The molecule has 32 heavy (non-hydrogen) atoms. The van der Waals surface area contributed by atoms with Crippen molar-refractivity contribution >= 4 is 6.09 Å². The van der Waals surface area contributed by atoms with Gasteiger partial charge in [0.05, 0.1) is 25.2 Å². The fraction of sp³-hybridized carbons (Fsp3) is 0.880. The Bertz CT molecular complexity index is 912. The van der Waals surface area contributed by atoms with Gasteiger partial charge in [-0.3, -0.25) is 0 Å². The fourth-order valence-corrected chi connectivity index (χ4v) is 11.0. The number of piperidine rings is 1. The molecule has 4 saturated carbocycles. The third-order valence-corrected chi connectivity index (χ3v) is 11.6. The summed E-state index contributed by atoms with van der Waals surface area (Å²) in [6.45, 7) is 3.82. The van der Waals surface area contributed by atoms with Crippen LogP contribution in [0.4, 0.5) is 4.79 Å². The predicted octanol–water partition coefficient (Wildman–Crippen LogP) is 2.84. The summed E-state index contributed by atoms with van der Waals surface area (Å²) in [6, 6.07) is 0.0604. The number of nitrogens with zero attached hydrogens (tertiary/aromatic N) is 1. The SMILES string of the molecule is COC(=O)N1C[C@]2(C)CC[C@H](OC)[C@@]34[C@@H]2C[C@@H]([C@@H]13)[C@@]12C=C[C@@H](C[C@@H]41)[C@]1(CO1)C2(OC)OC. The summed E-state index contributed by atoms with van der Waals surface area (Å²) in [5, 5.41) is 0. The predicted molar refractivity (Wildman–Crippen MR) is 114 cm³/mol. The molecule has 0 aromatic heterocycles. The number of carbonyl (C=O) groups excluding carboxylic acids is 1. The topological polar surface area (TPSA) is 69.8 Å². The molecular weight excluding hydrogens is 410 g/mol. The number of hydrogen-bond acceptors (Lipinski definition) is 6. The Morgan fingerprint density at radius 3 is 2.50 bits per heavy atom. The maximum atomic E-state index is 13.2. The number of amides is 1. The molecule has 2 saturated heterocycles. The zero-order valence-electron chi connectivity index (χ0n) is 19.8. The van der Waals surface area contributed by atoms with Crippen LogP contribution in [0, 0.1) is 39.9 Å². The molecule has 0 N–H and O–H groups in total. The van der Waals surface area contributed by atoms with Crippen molar-refractivity contribution < 1.29 is 28.5 Å². The second kappa shape index (κ2) is 5.73. The van der Waals surface area contributed by atoms with Gasteiger partial charge in [-0.1, -0.05) is 19.1 Å². The molecule has 0 aromatic carbocycles. The van der Waals surface area contributed by atoms with Crippen molar-refractivity contribution in [2.75, 3.05) is 41.6 Å². The molecule has 6 aliphatic carbocycles. The molecule has 176 valence electrons. The Labute approximate surface area is 189 Å². The monoisotopic (exact) mass is 445 g/mol. The minimum atomic E-state index is -0.849. The average Bonchev–Trinajstić information content (AvgIpc) is 3.48. The lowest BCUT2D eigenvalue weighted by molar-refractivity contribution is -0.357. The maximum absolute atomic E-state index is 13.2. The van der Waals surface area contributed by atoms with Gasteiger partial charge < -0.3 is 28.6 Å². The summed E-state index contributed by atoms with van der Waals surface area (Å²) in [5.74, 6) is 0.451. The minimum absolute atomic E-state index is 0.0604. The Morgan fingerprint density at radius 2 is 1.88 bits per heavy atom. The van der Waals surface area contributed by atoms with E-state index in [1.54, 1.807) is 14.2 Å². The van der Waals surface area contributed by atoms with Crippen LogP contribution in [0.2, 0.25) is 0 Å². The lowest BCUT2D eigenvalue weighted by atomic mass is 9.39. The first-order valence-electron chi connectivity index (χ1n) is 12.2. The van der Waals surface area contributed by atoms with Crippen molar-refractivity contribution in [3.05, 3.63) is 12.2 Å². The van der Waals surface area contributed by atoms with Crippen LogP contribution < -0.4 is 0 Å². The highest BCUT2D eigenvalue weighted by Gasteiger charge is 2.92. The first-order valence-corrected chi connectivity index (χ1v) is 12.2. The Hall–Kier alpha value is -1.15. The van der Waals surface area contributed by atoms with Gasteiger partial charge in [0.15, 0.2) is 5.60 Å².